The maximum Gasteiger partial charge on any atom is 0.258 e. The molecule has 2 atom stereocenters. The third-order valence-electron chi connectivity index (χ3n) is 3.85. The first-order valence-corrected chi connectivity index (χ1v) is 8.02. The lowest BCUT2D eigenvalue weighted by Crippen LogP contribution is -2.34. The topological polar surface area (TPSA) is 93.5 Å². The van der Waals surface area contributed by atoms with Gasteiger partial charge in [0.15, 0.2) is 6.61 Å². The first kappa shape index (κ1) is 20.3. The number of ether oxygens (including phenoxy) is 1. The lowest BCUT2D eigenvalue weighted by molar-refractivity contribution is -0.125. The Hall–Kier alpha value is -1.79. The van der Waals surface area contributed by atoms with Crippen LogP contribution in [0.15, 0.2) is 24.3 Å². The molecule has 1 fully saturated rings. The van der Waals surface area contributed by atoms with Crippen molar-refractivity contribution in [2.75, 3.05) is 13.2 Å². The van der Waals surface area contributed by atoms with Gasteiger partial charge < -0.3 is 21.1 Å². The number of carbonyl (C=O) groups is 2. The highest BCUT2D eigenvalue weighted by atomic mass is 35.5. The summed E-state index contributed by atoms with van der Waals surface area (Å²) in [6, 6.07) is 7.60. The number of carbonyl (C=O) groups excluding carboxylic acids is 2. The summed E-state index contributed by atoms with van der Waals surface area (Å²) in [6.45, 7) is 4.07. The molecule has 1 aromatic rings. The highest BCUT2D eigenvalue weighted by Gasteiger charge is 2.23. The molecule has 2 rings (SSSR count). The van der Waals surface area contributed by atoms with Crippen LogP contribution in [0.2, 0.25) is 0 Å². The molecule has 1 saturated carbocycles. The summed E-state index contributed by atoms with van der Waals surface area (Å²) in [5, 5.41) is 5.79. The lowest BCUT2D eigenvalue weighted by Gasteiger charge is -2.17. The number of amides is 2. The van der Waals surface area contributed by atoms with Gasteiger partial charge in [-0.1, -0.05) is 19.1 Å². The van der Waals surface area contributed by atoms with Crippen LogP contribution in [-0.4, -0.2) is 31.0 Å². The van der Waals surface area contributed by atoms with Gasteiger partial charge in [0, 0.05) is 18.5 Å². The summed E-state index contributed by atoms with van der Waals surface area (Å²) in [5.74, 6) is 0.281. The van der Waals surface area contributed by atoms with Gasteiger partial charge in [-0.2, -0.15) is 0 Å². The Morgan fingerprint density at radius 2 is 1.88 bits per heavy atom. The minimum atomic E-state index is -0.204. The molecule has 0 bridgehead atoms. The normalized spacial score (nSPS) is 15.6. The summed E-state index contributed by atoms with van der Waals surface area (Å²) in [4.78, 5) is 23.4. The SMILES string of the molecule is CC(CN)C(=O)NC(C)c1ccc(OCC(=O)NC2CC2)cc1.Cl. The predicted octanol–water partition coefficient (Wildman–Crippen LogP) is 1.54. The van der Waals surface area contributed by atoms with E-state index in [9.17, 15) is 9.59 Å². The average molecular weight is 356 g/mol. The molecule has 0 spiro atoms. The van der Waals surface area contributed by atoms with E-state index in [1.807, 2.05) is 19.1 Å². The third kappa shape index (κ3) is 6.37. The Kier molecular flexibility index (Phi) is 8.01. The van der Waals surface area contributed by atoms with E-state index in [2.05, 4.69) is 10.6 Å². The molecule has 0 aromatic heterocycles. The molecule has 2 unspecified atom stereocenters. The van der Waals surface area contributed by atoms with Crippen molar-refractivity contribution in [3.63, 3.8) is 0 Å². The van der Waals surface area contributed by atoms with Crippen LogP contribution in [0.25, 0.3) is 0 Å². The summed E-state index contributed by atoms with van der Waals surface area (Å²) in [7, 11) is 0. The Labute approximate surface area is 148 Å². The zero-order valence-electron chi connectivity index (χ0n) is 14.1. The molecule has 1 aliphatic rings. The highest BCUT2D eigenvalue weighted by molar-refractivity contribution is 5.85. The van der Waals surface area contributed by atoms with E-state index in [1.54, 1.807) is 19.1 Å². The second-order valence-corrected chi connectivity index (χ2v) is 6.07. The fourth-order valence-electron chi connectivity index (χ4n) is 2.04. The largest absolute Gasteiger partial charge is 0.484 e. The van der Waals surface area contributed by atoms with E-state index in [0.717, 1.165) is 18.4 Å². The van der Waals surface area contributed by atoms with Gasteiger partial charge in [0.25, 0.3) is 5.91 Å². The van der Waals surface area contributed by atoms with Crippen LogP contribution in [0.5, 0.6) is 5.75 Å². The molecular formula is C17H26ClN3O3. The van der Waals surface area contributed by atoms with Gasteiger partial charge in [-0.15, -0.1) is 12.4 Å². The van der Waals surface area contributed by atoms with E-state index in [-0.39, 0.29) is 42.8 Å². The van der Waals surface area contributed by atoms with Crippen molar-refractivity contribution in [2.24, 2.45) is 11.7 Å². The van der Waals surface area contributed by atoms with Crippen LogP contribution in [-0.2, 0) is 9.59 Å². The summed E-state index contributed by atoms with van der Waals surface area (Å²) >= 11 is 0. The molecule has 7 heteroatoms. The minimum absolute atomic E-state index is 0. The van der Waals surface area contributed by atoms with Crippen LogP contribution in [0.1, 0.15) is 38.3 Å². The Morgan fingerprint density at radius 3 is 2.42 bits per heavy atom. The Bertz CT molecular complexity index is 547. The van der Waals surface area contributed by atoms with Crippen molar-refractivity contribution in [3.8, 4) is 5.75 Å². The molecule has 134 valence electrons. The molecule has 0 heterocycles. The van der Waals surface area contributed by atoms with Gasteiger partial charge >= 0.3 is 0 Å². The molecule has 0 aliphatic heterocycles. The average Bonchev–Trinajstić information content (AvgIpc) is 3.36. The maximum atomic E-state index is 11.8. The predicted molar refractivity (Wildman–Crippen MR) is 95.1 cm³/mol. The number of nitrogens with two attached hydrogens (primary N) is 1. The number of hydrogen-bond donors (Lipinski definition) is 3. The molecule has 0 saturated heterocycles. The number of rotatable bonds is 8. The monoisotopic (exact) mass is 355 g/mol. The summed E-state index contributed by atoms with van der Waals surface area (Å²) in [6.07, 6.45) is 2.12. The van der Waals surface area contributed by atoms with Crippen molar-refractivity contribution in [2.45, 2.75) is 38.8 Å². The van der Waals surface area contributed by atoms with E-state index < -0.39 is 0 Å². The standard InChI is InChI=1S/C17H25N3O3.ClH/c1-11(9-18)17(22)19-12(2)13-3-7-15(8-4-13)23-10-16(21)20-14-5-6-14;/h3-4,7-8,11-12,14H,5-6,9-10,18H2,1-2H3,(H,19,22)(H,20,21);1H. The van der Waals surface area contributed by atoms with Gasteiger partial charge in [0.05, 0.1) is 6.04 Å². The highest BCUT2D eigenvalue weighted by Crippen LogP contribution is 2.19. The maximum absolute atomic E-state index is 11.8. The first-order valence-electron chi connectivity index (χ1n) is 8.02. The quantitative estimate of drug-likeness (QED) is 0.659. The van der Waals surface area contributed by atoms with Crippen LogP contribution in [0.4, 0.5) is 0 Å². The smallest absolute Gasteiger partial charge is 0.258 e. The minimum Gasteiger partial charge on any atom is -0.484 e. The fourth-order valence-corrected chi connectivity index (χ4v) is 2.04. The first-order chi connectivity index (χ1) is 11.0. The summed E-state index contributed by atoms with van der Waals surface area (Å²) < 4.78 is 5.45. The molecule has 4 N–H and O–H groups in total. The van der Waals surface area contributed by atoms with Crippen molar-refractivity contribution in [1.82, 2.24) is 10.6 Å². The third-order valence-corrected chi connectivity index (χ3v) is 3.85. The number of halogens is 1. The molecule has 6 nitrogen and oxygen atoms in total. The van der Waals surface area contributed by atoms with Crippen LogP contribution in [0, 0.1) is 5.92 Å². The van der Waals surface area contributed by atoms with E-state index >= 15 is 0 Å². The fraction of sp³-hybridized carbons (Fsp3) is 0.529. The molecule has 1 aliphatic carbocycles. The van der Waals surface area contributed by atoms with Gasteiger partial charge in [0.1, 0.15) is 5.75 Å². The zero-order valence-corrected chi connectivity index (χ0v) is 14.9. The van der Waals surface area contributed by atoms with Crippen molar-refractivity contribution in [1.29, 1.82) is 0 Å². The second kappa shape index (κ2) is 9.49. The van der Waals surface area contributed by atoms with E-state index in [4.69, 9.17) is 10.5 Å². The molecular weight excluding hydrogens is 330 g/mol. The van der Waals surface area contributed by atoms with Gasteiger partial charge in [-0.25, -0.2) is 0 Å². The van der Waals surface area contributed by atoms with Gasteiger partial charge in [0.2, 0.25) is 5.91 Å². The summed E-state index contributed by atoms with van der Waals surface area (Å²) in [5.41, 5.74) is 6.46. The number of hydrogen-bond acceptors (Lipinski definition) is 4. The van der Waals surface area contributed by atoms with E-state index in [1.165, 1.54) is 0 Å². The van der Waals surface area contributed by atoms with Crippen molar-refractivity contribution in [3.05, 3.63) is 29.8 Å². The van der Waals surface area contributed by atoms with Crippen molar-refractivity contribution >= 4 is 24.2 Å². The van der Waals surface area contributed by atoms with Crippen LogP contribution < -0.4 is 21.1 Å². The molecule has 24 heavy (non-hydrogen) atoms. The van der Waals surface area contributed by atoms with E-state index in [0.29, 0.717) is 18.3 Å². The van der Waals surface area contributed by atoms with Crippen LogP contribution >= 0.6 is 12.4 Å². The van der Waals surface area contributed by atoms with Crippen molar-refractivity contribution < 1.29 is 14.3 Å². The number of nitrogens with one attached hydrogen (secondary N) is 2. The Morgan fingerprint density at radius 1 is 1.25 bits per heavy atom. The molecule has 2 amide bonds. The lowest BCUT2D eigenvalue weighted by atomic mass is 10.1. The molecule has 0 radical (unpaired) electrons. The van der Waals surface area contributed by atoms with Gasteiger partial charge in [-0.05, 0) is 37.5 Å². The number of benzene rings is 1. The second-order valence-electron chi connectivity index (χ2n) is 6.07. The van der Waals surface area contributed by atoms with Crippen LogP contribution in [0.3, 0.4) is 0 Å². The Balaban J connectivity index is 0.00000288. The zero-order chi connectivity index (χ0) is 16.8. The molecule has 1 aromatic carbocycles. The van der Waals surface area contributed by atoms with Gasteiger partial charge in [-0.3, -0.25) is 9.59 Å².